The number of hydrogen-bond acceptors (Lipinski definition) is 2. The predicted molar refractivity (Wildman–Crippen MR) is 128 cm³/mol. The lowest BCUT2D eigenvalue weighted by atomic mass is 10.1. The summed E-state index contributed by atoms with van der Waals surface area (Å²) < 4.78 is 10.8. The second-order valence-corrected chi connectivity index (χ2v) is 8.06. The van der Waals surface area contributed by atoms with Crippen molar-refractivity contribution in [1.82, 2.24) is 9.55 Å². The number of imidazole rings is 1. The lowest BCUT2D eigenvalue weighted by Crippen LogP contribution is -2.30. The molecule has 0 spiro atoms. The largest absolute Gasteiger partial charge is 0.436 e. The van der Waals surface area contributed by atoms with Crippen LogP contribution in [0.2, 0.25) is 0 Å². The van der Waals surface area contributed by atoms with Gasteiger partial charge in [0.1, 0.15) is 11.2 Å². The average Bonchev–Trinajstić information content (AvgIpc) is 3.38. The lowest BCUT2D eigenvalue weighted by Gasteiger charge is -2.06. The minimum atomic E-state index is 0.644. The summed E-state index contributed by atoms with van der Waals surface area (Å²) in [6, 6.07) is 33.3. The van der Waals surface area contributed by atoms with Crippen molar-refractivity contribution < 1.29 is 8.98 Å². The quantitative estimate of drug-likeness (QED) is 0.320. The number of benzene rings is 4. The SMILES string of the molecule is Cc1cc2nc(-c3ccccc3)oc2cc1-c1n(-c2ccccc2)c2ccccc2[n+]1C. The molecule has 0 aliphatic carbocycles. The maximum Gasteiger partial charge on any atom is 0.295 e. The second kappa shape index (κ2) is 7.20. The molecular formula is C28H22N3O+. The molecule has 6 rings (SSSR count). The molecule has 2 aromatic heterocycles. The van der Waals surface area contributed by atoms with Crippen LogP contribution in [0.4, 0.5) is 0 Å². The number of para-hydroxylation sites is 3. The van der Waals surface area contributed by atoms with Gasteiger partial charge in [-0.25, -0.2) is 9.55 Å². The van der Waals surface area contributed by atoms with Gasteiger partial charge in [-0.3, -0.25) is 0 Å². The molecule has 0 radical (unpaired) electrons. The van der Waals surface area contributed by atoms with Crippen LogP contribution in [0, 0.1) is 6.92 Å². The second-order valence-electron chi connectivity index (χ2n) is 8.06. The number of nitrogens with zero attached hydrogens (tertiary/aromatic N) is 3. The van der Waals surface area contributed by atoms with E-state index in [1.54, 1.807) is 0 Å². The van der Waals surface area contributed by atoms with Gasteiger partial charge in [-0.05, 0) is 61.0 Å². The number of rotatable bonds is 3. The monoisotopic (exact) mass is 416 g/mol. The summed E-state index contributed by atoms with van der Waals surface area (Å²) in [5.74, 6) is 1.75. The third kappa shape index (κ3) is 2.84. The number of oxazole rings is 1. The van der Waals surface area contributed by atoms with E-state index in [4.69, 9.17) is 9.40 Å². The molecule has 4 aromatic carbocycles. The number of hydrogen-bond donors (Lipinski definition) is 0. The van der Waals surface area contributed by atoms with Crippen LogP contribution >= 0.6 is 0 Å². The van der Waals surface area contributed by atoms with E-state index in [-0.39, 0.29) is 0 Å². The fourth-order valence-corrected chi connectivity index (χ4v) is 4.48. The summed E-state index contributed by atoms with van der Waals surface area (Å²) in [5, 5.41) is 0. The Morgan fingerprint density at radius 3 is 2.28 bits per heavy atom. The molecule has 0 bridgehead atoms. The van der Waals surface area contributed by atoms with Gasteiger partial charge in [-0.15, -0.1) is 0 Å². The normalized spacial score (nSPS) is 11.4. The highest BCUT2D eigenvalue weighted by molar-refractivity contribution is 5.85. The van der Waals surface area contributed by atoms with E-state index in [9.17, 15) is 0 Å². The Balaban J connectivity index is 1.63. The van der Waals surface area contributed by atoms with Crippen LogP contribution in [-0.2, 0) is 7.05 Å². The van der Waals surface area contributed by atoms with E-state index in [2.05, 4.69) is 83.8 Å². The van der Waals surface area contributed by atoms with E-state index in [1.807, 2.05) is 36.4 Å². The first-order chi connectivity index (χ1) is 15.7. The Morgan fingerprint density at radius 2 is 1.50 bits per heavy atom. The van der Waals surface area contributed by atoms with E-state index in [0.717, 1.165) is 39.3 Å². The molecule has 32 heavy (non-hydrogen) atoms. The van der Waals surface area contributed by atoms with Gasteiger partial charge in [0.25, 0.3) is 5.82 Å². The van der Waals surface area contributed by atoms with Gasteiger partial charge < -0.3 is 4.42 Å². The zero-order valence-corrected chi connectivity index (χ0v) is 18.0. The first-order valence-corrected chi connectivity index (χ1v) is 10.7. The molecule has 0 unspecified atom stereocenters. The maximum atomic E-state index is 6.20. The summed E-state index contributed by atoms with van der Waals surface area (Å²) >= 11 is 0. The third-order valence-electron chi connectivity index (χ3n) is 6.02. The summed E-state index contributed by atoms with van der Waals surface area (Å²) in [4.78, 5) is 4.74. The van der Waals surface area contributed by atoms with Crippen molar-refractivity contribution in [3.63, 3.8) is 0 Å². The molecule has 0 atom stereocenters. The number of aromatic nitrogens is 3. The molecule has 0 saturated heterocycles. The minimum absolute atomic E-state index is 0.644. The topological polar surface area (TPSA) is 34.8 Å². The van der Waals surface area contributed by atoms with Crippen LogP contribution in [0.1, 0.15) is 5.56 Å². The van der Waals surface area contributed by atoms with Gasteiger partial charge in [-0.2, -0.15) is 4.57 Å². The standard InChI is InChI=1S/C28H22N3O/c1-19-17-23-26(32-27(29-23)20-11-5-3-6-12-20)18-22(19)28-30(2)24-15-9-10-16-25(24)31(28)21-13-7-4-8-14-21/h3-18H,1-2H3/q+1. The van der Waals surface area contributed by atoms with Crippen LogP contribution in [-0.4, -0.2) is 9.55 Å². The molecule has 0 saturated carbocycles. The van der Waals surface area contributed by atoms with Crippen molar-refractivity contribution in [3.8, 4) is 28.5 Å². The third-order valence-corrected chi connectivity index (χ3v) is 6.02. The summed E-state index contributed by atoms with van der Waals surface area (Å²) in [5.41, 5.74) is 8.38. The van der Waals surface area contributed by atoms with Crippen molar-refractivity contribution >= 4 is 22.1 Å². The van der Waals surface area contributed by atoms with Crippen LogP contribution in [0.15, 0.2) is 101 Å². The molecule has 154 valence electrons. The highest BCUT2D eigenvalue weighted by Crippen LogP contribution is 2.33. The van der Waals surface area contributed by atoms with E-state index in [0.29, 0.717) is 5.89 Å². The van der Waals surface area contributed by atoms with Gasteiger partial charge in [-0.1, -0.05) is 48.5 Å². The molecule has 0 fully saturated rings. The van der Waals surface area contributed by atoms with Crippen LogP contribution < -0.4 is 4.57 Å². The van der Waals surface area contributed by atoms with Crippen molar-refractivity contribution in [1.29, 1.82) is 0 Å². The van der Waals surface area contributed by atoms with Crippen molar-refractivity contribution in [2.75, 3.05) is 0 Å². The van der Waals surface area contributed by atoms with Gasteiger partial charge in [0.05, 0.1) is 12.6 Å². The van der Waals surface area contributed by atoms with E-state index >= 15 is 0 Å². The Morgan fingerprint density at radius 1 is 0.812 bits per heavy atom. The summed E-state index contributed by atoms with van der Waals surface area (Å²) in [7, 11) is 2.12. The van der Waals surface area contributed by atoms with Crippen molar-refractivity contribution in [2.45, 2.75) is 6.92 Å². The fourth-order valence-electron chi connectivity index (χ4n) is 4.48. The fraction of sp³-hybridized carbons (Fsp3) is 0.0714. The van der Waals surface area contributed by atoms with E-state index < -0.39 is 0 Å². The molecule has 2 heterocycles. The molecule has 0 N–H and O–H groups in total. The van der Waals surface area contributed by atoms with Gasteiger partial charge >= 0.3 is 0 Å². The molecule has 4 heteroatoms. The van der Waals surface area contributed by atoms with Gasteiger partial charge in [0.2, 0.25) is 5.89 Å². The zero-order chi connectivity index (χ0) is 21.7. The maximum absolute atomic E-state index is 6.20. The predicted octanol–water partition coefficient (Wildman–Crippen LogP) is 6.24. The first-order valence-electron chi connectivity index (χ1n) is 10.7. The van der Waals surface area contributed by atoms with Crippen LogP contribution in [0.25, 0.3) is 50.7 Å². The Labute approximate surface area is 186 Å². The highest BCUT2D eigenvalue weighted by Gasteiger charge is 2.27. The van der Waals surface area contributed by atoms with E-state index in [1.165, 1.54) is 11.0 Å². The lowest BCUT2D eigenvalue weighted by molar-refractivity contribution is -0.633. The van der Waals surface area contributed by atoms with Crippen LogP contribution in [0.3, 0.4) is 0 Å². The summed E-state index contributed by atoms with van der Waals surface area (Å²) in [6.07, 6.45) is 0. The Bertz CT molecular complexity index is 1580. The number of fused-ring (bicyclic) bond motifs is 2. The van der Waals surface area contributed by atoms with Crippen LogP contribution in [0.5, 0.6) is 0 Å². The van der Waals surface area contributed by atoms with Crippen molar-refractivity contribution in [3.05, 3.63) is 103 Å². The molecule has 0 amide bonds. The minimum Gasteiger partial charge on any atom is -0.436 e. The highest BCUT2D eigenvalue weighted by atomic mass is 16.3. The molecule has 0 aliphatic heterocycles. The van der Waals surface area contributed by atoms with Gasteiger partial charge in [0, 0.05) is 5.56 Å². The van der Waals surface area contributed by atoms with Gasteiger partial charge in [0.15, 0.2) is 16.6 Å². The average molecular weight is 417 g/mol. The Hall–Kier alpha value is -4.18. The molecular weight excluding hydrogens is 394 g/mol. The van der Waals surface area contributed by atoms with Crippen molar-refractivity contribution in [2.24, 2.45) is 7.05 Å². The smallest absolute Gasteiger partial charge is 0.295 e. The number of aryl methyl sites for hydroxylation is 2. The first kappa shape index (κ1) is 18.6. The molecule has 6 aromatic rings. The molecule has 0 aliphatic rings. The Kier molecular flexibility index (Phi) is 4.18. The zero-order valence-electron chi connectivity index (χ0n) is 18.0. The summed E-state index contributed by atoms with van der Waals surface area (Å²) in [6.45, 7) is 2.14. The molecule has 4 nitrogen and oxygen atoms in total.